The van der Waals surface area contributed by atoms with E-state index in [4.69, 9.17) is 67.2 Å². The smallest absolute Gasteiger partial charge is 0.136 e. The molecule has 0 atom stereocenters. The fourth-order valence-electron chi connectivity index (χ4n) is 8.53. The number of hydrogen-bond acceptors (Lipinski definition) is 1. The molecule has 0 aliphatic rings. The lowest BCUT2D eigenvalue weighted by Crippen LogP contribution is -2.50. The fraction of sp³-hybridized carbons (Fsp3) is 0. The second-order valence-corrected chi connectivity index (χ2v) is 14.1. The molecule has 0 saturated carbocycles. The highest BCUT2D eigenvalue weighted by molar-refractivity contribution is 6.71. The van der Waals surface area contributed by atoms with Gasteiger partial charge in [-0.25, -0.2) is 0 Å². The Kier molecular flexibility index (Phi) is 7.66. The number of rotatable bonds is 3. The van der Waals surface area contributed by atoms with Gasteiger partial charge in [-0.1, -0.05) is 119 Å². The van der Waals surface area contributed by atoms with Crippen molar-refractivity contribution >= 4 is 172 Å². The van der Waals surface area contributed by atoms with Gasteiger partial charge in [0.2, 0.25) is 0 Å². The SMILES string of the molecule is [B]c1c([B])c([B])c2c(-c3cccc4oc5ccccc5c34)c3c([B])c([B])c([B])c([B])c3c(-c3cccc(-c4ccc5c(ccc6ccccc65)c4)c3)c2c1[B]. The highest BCUT2D eigenvalue weighted by Gasteiger charge is 2.26. The highest BCUT2D eigenvalue weighted by atomic mass is 16.3. The molecule has 0 fully saturated rings. The molecule has 1 heterocycles. The fourth-order valence-corrected chi connectivity index (χ4v) is 8.53. The summed E-state index contributed by atoms with van der Waals surface area (Å²) in [6.45, 7) is 0. The van der Waals surface area contributed by atoms with Crippen molar-refractivity contribution in [2.24, 2.45) is 0 Å². The minimum absolute atomic E-state index is 0.160. The number of hydrogen-bond donors (Lipinski definition) is 0. The largest absolute Gasteiger partial charge is 0.456 e. The standard InChI is InChI=1S/C46H20B8O/c47-39-35-32(25-9-5-8-22(20-25)23-17-18-27-24(19-23)16-15-21-7-1-2-10-26(21)27)36-38(42(50)46(54)44(52)40(36)48)34(37(35)41(49)45(53)43(39)51)29-12-6-14-31-33(29)28-11-3-4-13-30(28)55-31/h1-20H. The monoisotopic (exact) mass is 676 g/mol. The third-order valence-electron chi connectivity index (χ3n) is 11.2. The van der Waals surface area contributed by atoms with Crippen molar-refractivity contribution in [3.05, 3.63) is 121 Å². The Morgan fingerprint density at radius 1 is 0.309 bits per heavy atom. The van der Waals surface area contributed by atoms with Gasteiger partial charge in [0.1, 0.15) is 73.9 Å². The molecular weight excluding hydrogens is 655 g/mol. The van der Waals surface area contributed by atoms with E-state index >= 15 is 0 Å². The van der Waals surface area contributed by atoms with Crippen LogP contribution in [0.3, 0.4) is 0 Å². The van der Waals surface area contributed by atoms with Crippen LogP contribution in [0.15, 0.2) is 126 Å². The molecule has 10 aromatic rings. The third kappa shape index (κ3) is 4.85. The molecule has 9 aromatic carbocycles. The van der Waals surface area contributed by atoms with E-state index in [1.54, 1.807) is 0 Å². The molecular formula is C46H20B8O. The molecule has 0 saturated heterocycles. The van der Waals surface area contributed by atoms with Gasteiger partial charge in [0, 0.05) is 10.8 Å². The van der Waals surface area contributed by atoms with Crippen LogP contribution in [0, 0.1) is 0 Å². The van der Waals surface area contributed by atoms with Gasteiger partial charge in [-0.3, -0.25) is 0 Å². The summed E-state index contributed by atoms with van der Waals surface area (Å²) in [6.07, 6.45) is 0. The van der Waals surface area contributed by atoms with Gasteiger partial charge in [0.05, 0.1) is 0 Å². The lowest BCUT2D eigenvalue weighted by Gasteiger charge is -2.29. The molecule has 0 amide bonds. The van der Waals surface area contributed by atoms with Crippen LogP contribution in [0.25, 0.3) is 98.4 Å². The topological polar surface area (TPSA) is 13.1 Å². The van der Waals surface area contributed by atoms with Crippen LogP contribution in [-0.2, 0) is 0 Å². The Balaban J connectivity index is 1.36. The van der Waals surface area contributed by atoms with E-state index in [0.29, 0.717) is 38.3 Å². The second-order valence-electron chi connectivity index (χ2n) is 14.1. The van der Waals surface area contributed by atoms with Crippen LogP contribution < -0.4 is 43.7 Å². The van der Waals surface area contributed by atoms with Crippen LogP contribution in [0.1, 0.15) is 0 Å². The molecule has 9 heteroatoms. The molecule has 0 aliphatic heterocycles. The summed E-state index contributed by atoms with van der Waals surface area (Å²) in [5.74, 6) is 0. The lowest BCUT2D eigenvalue weighted by atomic mass is 9.59. The molecule has 16 radical (unpaired) electrons. The van der Waals surface area contributed by atoms with Gasteiger partial charge in [-0.2, -0.15) is 0 Å². The Bertz CT molecular complexity index is 3230. The zero-order chi connectivity index (χ0) is 37.9. The summed E-state index contributed by atoms with van der Waals surface area (Å²) in [5, 5.41) is 8.70. The molecule has 1 nitrogen and oxygen atoms in total. The molecule has 0 unspecified atom stereocenters. The molecule has 0 N–H and O–H groups in total. The van der Waals surface area contributed by atoms with E-state index in [1.165, 1.54) is 16.2 Å². The summed E-state index contributed by atoms with van der Waals surface area (Å²) in [7, 11) is 54.9. The Morgan fingerprint density at radius 2 is 0.818 bits per heavy atom. The molecule has 0 aliphatic carbocycles. The molecule has 55 heavy (non-hydrogen) atoms. The lowest BCUT2D eigenvalue weighted by molar-refractivity contribution is 0.669. The molecule has 10 rings (SSSR count). The van der Waals surface area contributed by atoms with E-state index in [0.717, 1.165) is 44.0 Å². The van der Waals surface area contributed by atoms with Crippen LogP contribution in [-0.4, -0.2) is 62.8 Å². The van der Waals surface area contributed by atoms with Gasteiger partial charge >= 0.3 is 0 Å². The van der Waals surface area contributed by atoms with Crippen molar-refractivity contribution in [1.82, 2.24) is 0 Å². The molecule has 234 valence electrons. The van der Waals surface area contributed by atoms with Crippen LogP contribution in [0.4, 0.5) is 0 Å². The van der Waals surface area contributed by atoms with Crippen molar-refractivity contribution in [3.8, 4) is 33.4 Å². The van der Waals surface area contributed by atoms with Crippen molar-refractivity contribution < 1.29 is 4.42 Å². The van der Waals surface area contributed by atoms with Gasteiger partial charge < -0.3 is 4.42 Å². The maximum atomic E-state index is 7.05. The number of benzene rings is 9. The van der Waals surface area contributed by atoms with E-state index in [-0.39, 0.29) is 43.7 Å². The van der Waals surface area contributed by atoms with Gasteiger partial charge in [0.25, 0.3) is 0 Å². The molecule has 0 bridgehead atoms. The summed E-state index contributed by atoms with van der Waals surface area (Å²) < 4.78 is 6.33. The van der Waals surface area contributed by atoms with E-state index in [1.807, 2.05) is 54.6 Å². The third-order valence-corrected chi connectivity index (χ3v) is 11.2. The average Bonchev–Trinajstić information content (AvgIpc) is 3.61. The zero-order valence-electron chi connectivity index (χ0n) is 29.6. The van der Waals surface area contributed by atoms with E-state index in [2.05, 4.69) is 66.7 Å². The Hall–Kier alpha value is -5.66. The zero-order valence-corrected chi connectivity index (χ0v) is 29.6. The van der Waals surface area contributed by atoms with Crippen LogP contribution in [0.2, 0.25) is 0 Å². The van der Waals surface area contributed by atoms with Crippen molar-refractivity contribution in [2.75, 3.05) is 0 Å². The first kappa shape index (κ1) is 33.9. The maximum Gasteiger partial charge on any atom is 0.136 e. The summed E-state index contributed by atoms with van der Waals surface area (Å²) in [5.41, 5.74) is 7.88. The second kappa shape index (κ2) is 12.4. The van der Waals surface area contributed by atoms with Crippen molar-refractivity contribution in [1.29, 1.82) is 0 Å². The average molecular weight is 675 g/mol. The number of furan rings is 1. The molecule has 1 aromatic heterocycles. The van der Waals surface area contributed by atoms with E-state index < -0.39 is 0 Å². The molecule has 0 spiro atoms. The van der Waals surface area contributed by atoms with Crippen molar-refractivity contribution in [3.63, 3.8) is 0 Å². The number of fused-ring (bicyclic) bond motifs is 8. The first-order chi connectivity index (χ1) is 26.6. The predicted molar refractivity (Wildman–Crippen MR) is 243 cm³/mol. The van der Waals surface area contributed by atoms with Crippen molar-refractivity contribution in [2.45, 2.75) is 0 Å². The normalized spacial score (nSPS) is 11.9. The van der Waals surface area contributed by atoms with Gasteiger partial charge in [-0.05, 0) is 101 Å². The quantitative estimate of drug-likeness (QED) is 0.159. The first-order valence-electron chi connectivity index (χ1n) is 17.8. The van der Waals surface area contributed by atoms with Crippen LogP contribution in [0.5, 0.6) is 0 Å². The summed E-state index contributed by atoms with van der Waals surface area (Å²) >= 11 is 0. The first-order valence-corrected chi connectivity index (χ1v) is 17.8. The minimum atomic E-state index is 0.160. The Morgan fingerprint density at radius 3 is 1.51 bits per heavy atom. The summed E-state index contributed by atoms with van der Waals surface area (Å²) in [6, 6.07) is 41.1. The van der Waals surface area contributed by atoms with E-state index in [9.17, 15) is 0 Å². The summed E-state index contributed by atoms with van der Waals surface area (Å²) in [4.78, 5) is 0. The van der Waals surface area contributed by atoms with Gasteiger partial charge in [0.15, 0.2) is 0 Å². The van der Waals surface area contributed by atoms with Gasteiger partial charge in [-0.15, -0.1) is 21.9 Å². The highest BCUT2D eigenvalue weighted by Crippen LogP contribution is 2.45. The Labute approximate surface area is 329 Å². The predicted octanol–water partition coefficient (Wildman–Crippen LogP) is 3.55. The number of para-hydroxylation sites is 1. The maximum absolute atomic E-state index is 7.05. The minimum Gasteiger partial charge on any atom is -0.456 e. The van der Waals surface area contributed by atoms with Crippen LogP contribution >= 0.6 is 0 Å².